The molecule has 0 spiro atoms. The van der Waals surface area contributed by atoms with E-state index in [9.17, 15) is 4.79 Å². The number of carbonyl (C=O) groups excluding carboxylic acids is 1. The average Bonchev–Trinajstić information content (AvgIpc) is 2.79. The van der Waals surface area contributed by atoms with Crippen LogP contribution in [0, 0.1) is 18.8 Å². The number of carbonyl (C=O) groups is 1. The molecule has 0 aliphatic carbocycles. The highest BCUT2D eigenvalue weighted by atomic mass is 16.2. The molecule has 0 unspecified atom stereocenters. The van der Waals surface area contributed by atoms with Crippen LogP contribution in [0.5, 0.6) is 0 Å². The summed E-state index contributed by atoms with van der Waals surface area (Å²) < 4.78 is 0. The Hall–Kier alpha value is -3.58. The van der Waals surface area contributed by atoms with Crippen LogP contribution in [0.2, 0.25) is 0 Å². The molecule has 0 radical (unpaired) electrons. The van der Waals surface area contributed by atoms with Gasteiger partial charge in [0, 0.05) is 49.1 Å². The molecule has 1 amide bonds. The van der Waals surface area contributed by atoms with Gasteiger partial charge in [-0.2, -0.15) is 0 Å². The van der Waals surface area contributed by atoms with Crippen molar-refractivity contribution in [1.82, 2.24) is 9.88 Å². The molecule has 4 heteroatoms. The van der Waals surface area contributed by atoms with E-state index in [2.05, 4.69) is 27.8 Å². The van der Waals surface area contributed by atoms with Crippen LogP contribution in [0.1, 0.15) is 27.0 Å². The maximum absolute atomic E-state index is 13.0. The predicted octanol–water partition coefficient (Wildman–Crippen LogP) is 3.75. The molecule has 1 saturated heterocycles. The number of aryl methyl sites for hydroxylation is 1. The standard InChI is InChI=1S/C25H23N3O/c1-20-10-13-24(26-19-20)27-14-16-28(17-15-27)25(29)23-9-5-8-22(18-23)12-11-21-6-3-2-4-7-21/h2-10,13,18-19H,14-17H2,1H3. The number of nitrogens with zero attached hydrogens (tertiary/aromatic N) is 3. The van der Waals surface area contributed by atoms with Crippen LogP contribution >= 0.6 is 0 Å². The first kappa shape index (κ1) is 18.8. The molecule has 0 N–H and O–H groups in total. The molecule has 29 heavy (non-hydrogen) atoms. The van der Waals surface area contributed by atoms with Crippen molar-refractivity contribution in [1.29, 1.82) is 0 Å². The molecule has 1 aliphatic heterocycles. The molecular weight excluding hydrogens is 358 g/mol. The van der Waals surface area contributed by atoms with Crippen molar-refractivity contribution >= 4 is 11.7 Å². The van der Waals surface area contributed by atoms with Gasteiger partial charge in [-0.05, 0) is 48.9 Å². The molecule has 144 valence electrons. The summed E-state index contributed by atoms with van der Waals surface area (Å²) in [6.07, 6.45) is 1.88. The van der Waals surface area contributed by atoms with Gasteiger partial charge < -0.3 is 9.80 Å². The maximum atomic E-state index is 13.0. The Bertz CT molecular complexity index is 1040. The van der Waals surface area contributed by atoms with Crippen LogP contribution < -0.4 is 4.90 Å². The Morgan fingerprint density at radius 1 is 0.862 bits per heavy atom. The minimum atomic E-state index is 0.0601. The minimum absolute atomic E-state index is 0.0601. The fourth-order valence-electron chi connectivity index (χ4n) is 3.36. The Morgan fingerprint density at radius 3 is 2.31 bits per heavy atom. The lowest BCUT2D eigenvalue weighted by molar-refractivity contribution is 0.0746. The third-order valence-corrected chi connectivity index (χ3v) is 5.02. The van der Waals surface area contributed by atoms with Gasteiger partial charge >= 0.3 is 0 Å². The Kier molecular flexibility index (Phi) is 5.58. The normalized spacial score (nSPS) is 13.6. The number of anilines is 1. The lowest BCUT2D eigenvalue weighted by atomic mass is 10.1. The van der Waals surface area contributed by atoms with Crippen molar-refractivity contribution in [3.05, 3.63) is 95.2 Å². The summed E-state index contributed by atoms with van der Waals surface area (Å²) in [4.78, 5) is 21.6. The van der Waals surface area contributed by atoms with Crippen LogP contribution in [-0.4, -0.2) is 42.0 Å². The summed E-state index contributed by atoms with van der Waals surface area (Å²) in [6.45, 7) is 4.99. The summed E-state index contributed by atoms with van der Waals surface area (Å²) in [5.41, 5.74) is 3.65. The van der Waals surface area contributed by atoms with Crippen LogP contribution in [0.4, 0.5) is 5.82 Å². The molecule has 1 aliphatic rings. The lowest BCUT2D eigenvalue weighted by Gasteiger charge is -2.35. The van der Waals surface area contributed by atoms with Crippen molar-refractivity contribution < 1.29 is 4.79 Å². The summed E-state index contributed by atoms with van der Waals surface area (Å²) in [5.74, 6) is 7.33. The molecule has 0 bridgehead atoms. The Balaban J connectivity index is 1.41. The first-order valence-electron chi connectivity index (χ1n) is 9.83. The van der Waals surface area contributed by atoms with Gasteiger partial charge in [0.2, 0.25) is 0 Å². The van der Waals surface area contributed by atoms with Crippen LogP contribution in [0.25, 0.3) is 0 Å². The van der Waals surface area contributed by atoms with Gasteiger partial charge in [0.25, 0.3) is 5.91 Å². The number of rotatable bonds is 2. The van der Waals surface area contributed by atoms with E-state index in [4.69, 9.17) is 0 Å². The molecule has 1 aromatic heterocycles. The highest BCUT2D eigenvalue weighted by molar-refractivity contribution is 5.94. The van der Waals surface area contributed by atoms with E-state index in [0.29, 0.717) is 18.7 Å². The van der Waals surface area contributed by atoms with Gasteiger partial charge in [0.1, 0.15) is 5.82 Å². The lowest BCUT2D eigenvalue weighted by Crippen LogP contribution is -2.49. The monoisotopic (exact) mass is 381 g/mol. The summed E-state index contributed by atoms with van der Waals surface area (Å²) >= 11 is 0. The zero-order valence-corrected chi connectivity index (χ0v) is 16.5. The predicted molar refractivity (Wildman–Crippen MR) is 116 cm³/mol. The van der Waals surface area contributed by atoms with E-state index in [1.165, 1.54) is 0 Å². The van der Waals surface area contributed by atoms with Crippen molar-refractivity contribution in [3.8, 4) is 11.8 Å². The van der Waals surface area contributed by atoms with Gasteiger partial charge in [-0.25, -0.2) is 4.98 Å². The van der Waals surface area contributed by atoms with E-state index in [1.54, 1.807) is 0 Å². The number of piperazine rings is 1. The number of amides is 1. The second kappa shape index (κ2) is 8.62. The first-order valence-corrected chi connectivity index (χ1v) is 9.83. The van der Waals surface area contributed by atoms with Crippen LogP contribution in [-0.2, 0) is 0 Å². The third-order valence-electron chi connectivity index (χ3n) is 5.02. The van der Waals surface area contributed by atoms with E-state index >= 15 is 0 Å². The second-order valence-electron chi connectivity index (χ2n) is 7.17. The minimum Gasteiger partial charge on any atom is -0.353 e. The fourth-order valence-corrected chi connectivity index (χ4v) is 3.36. The zero-order chi connectivity index (χ0) is 20.1. The zero-order valence-electron chi connectivity index (χ0n) is 16.5. The SMILES string of the molecule is Cc1ccc(N2CCN(C(=O)c3cccc(C#Cc4ccccc4)c3)CC2)nc1. The van der Waals surface area contributed by atoms with E-state index in [-0.39, 0.29) is 5.91 Å². The largest absolute Gasteiger partial charge is 0.353 e. The quantitative estimate of drug-likeness (QED) is 0.635. The summed E-state index contributed by atoms with van der Waals surface area (Å²) in [7, 11) is 0. The van der Waals surface area contributed by atoms with Crippen molar-refractivity contribution in [3.63, 3.8) is 0 Å². The number of hydrogen-bond donors (Lipinski definition) is 0. The molecule has 2 aromatic carbocycles. The molecule has 4 nitrogen and oxygen atoms in total. The summed E-state index contributed by atoms with van der Waals surface area (Å²) in [6, 6.07) is 21.6. The number of pyridine rings is 1. The number of aromatic nitrogens is 1. The van der Waals surface area contributed by atoms with E-state index < -0.39 is 0 Å². The van der Waals surface area contributed by atoms with E-state index in [0.717, 1.165) is 35.6 Å². The molecule has 4 rings (SSSR count). The van der Waals surface area contributed by atoms with Gasteiger partial charge in [-0.3, -0.25) is 4.79 Å². The third kappa shape index (κ3) is 4.64. The number of hydrogen-bond acceptors (Lipinski definition) is 3. The summed E-state index contributed by atoms with van der Waals surface area (Å²) in [5, 5.41) is 0. The maximum Gasteiger partial charge on any atom is 0.254 e. The topological polar surface area (TPSA) is 36.4 Å². The second-order valence-corrected chi connectivity index (χ2v) is 7.17. The van der Waals surface area contributed by atoms with Crippen molar-refractivity contribution in [2.45, 2.75) is 6.92 Å². The molecule has 3 aromatic rings. The highest BCUT2D eigenvalue weighted by Crippen LogP contribution is 2.16. The average molecular weight is 381 g/mol. The highest BCUT2D eigenvalue weighted by Gasteiger charge is 2.22. The van der Waals surface area contributed by atoms with Crippen molar-refractivity contribution in [2.24, 2.45) is 0 Å². The Labute approximate surface area is 171 Å². The Morgan fingerprint density at radius 2 is 1.59 bits per heavy atom. The van der Waals surface area contributed by atoms with Crippen LogP contribution in [0.15, 0.2) is 72.9 Å². The molecule has 0 atom stereocenters. The van der Waals surface area contributed by atoms with E-state index in [1.807, 2.05) is 78.7 Å². The number of benzene rings is 2. The van der Waals surface area contributed by atoms with Crippen LogP contribution in [0.3, 0.4) is 0 Å². The first-order chi connectivity index (χ1) is 14.2. The molecule has 2 heterocycles. The molecular formula is C25H23N3O. The smallest absolute Gasteiger partial charge is 0.254 e. The van der Waals surface area contributed by atoms with Crippen molar-refractivity contribution in [2.75, 3.05) is 31.1 Å². The van der Waals surface area contributed by atoms with Gasteiger partial charge in [-0.15, -0.1) is 0 Å². The van der Waals surface area contributed by atoms with Gasteiger partial charge in [0.05, 0.1) is 0 Å². The van der Waals surface area contributed by atoms with Gasteiger partial charge in [-0.1, -0.05) is 42.2 Å². The molecule has 1 fully saturated rings. The van der Waals surface area contributed by atoms with Gasteiger partial charge in [0.15, 0.2) is 0 Å². The molecule has 0 saturated carbocycles. The fraction of sp³-hybridized carbons (Fsp3) is 0.200.